The lowest BCUT2D eigenvalue weighted by Crippen LogP contribution is -2.30. The van der Waals surface area contributed by atoms with Gasteiger partial charge in [-0.05, 0) is 68.2 Å². The highest BCUT2D eigenvalue weighted by Crippen LogP contribution is 2.30. The highest BCUT2D eigenvalue weighted by atomic mass is 16.5. The summed E-state index contributed by atoms with van der Waals surface area (Å²) in [7, 11) is 0. The Balaban J connectivity index is 1.49. The minimum atomic E-state index is 0.276. The first-order valence-electron chi connectivity index (χ1n) is 10.3. The molecule has 1 aromatic carbocycles. The van der Waals surface area contributed by atoms with E-state index in [-0.39, 0.29) is 5.78 Å². The van der Waals surface area contributed by atoms with Crippen molar-refractivity contribution in [2.75, 3.05) is 19.6 Å². The van der Waals surface area contributed by atoms with Gasteiger partial charge in [-0.3, -0.25) is 9.69 Å². The Morgan fingerprint density at radius 3 is 2.46 bits per heavy atom. The van der Waals surface area contributed by atoms with Gasteiger partial charge in [0.2, 0.25) is 0 Å². The summed E-state index contributed by atoms with van der Waals surface area (Å²) >= 11 is 0. The van der Waals surface area contributed by atoms with Gasteiger partial charge >= 0.3 is 0 Å². The maximum atomic E-state index is 11.1. The number of nitrogens with zero attached hydrogens (tertiary/aromatic N) is 1. The van der Waals surface area contributed by atoms with Crippen molar-refractivity contribution in [3.05, 3.63) is 35.9 Å². The lowest BCUT2D eigenvalue weighted by molar-refractivity contribution is -0.117. The maximum Gasteiger partial charge on any atom is 0.131 e. The molecule has 1 aromatic rings. The number of carbonyl (C=O) groups excluding carboxylic acids is 1. The number of rotatable bonds is 7. The predicted molar refractivity (Wildman–Crippen MR) is 107 cm³/mol. The Kier molecular flexibility index (Phi) is 6.90. The van der Waals surface area contributed by atoms with Crippen molar-refractivity contribution < 1.29 is 9.53 Å². The second kappa shape index (κ2) is 9.36. The average Bonchev–Trinajstić information content (AvgIpc) is 2.68. The molecule has 0 N–H and O–H groups in total. The molecule has 0 aromatic heterocycles. The number of hydrogen-bond donors (Lipinski definition) is 0. The Morgan fingerprint density at radius 2 is 1.88 bits per heavy atom. The largest absolute Gasteiger partial charge is 0.490 e. The minimum Gasteiger partial charge on any atom is -0.490 e. The molecule has 142 valence electrons. The molecule has 2 aliphatic rings. The number of benzene rings is 1. The van der Waals surface area contributed by atoms with Crippen LogP contribution in [0.25, 0.3) is 5.57 Å². The van der Waals surface area contributed by atoms with Gasteiger partial charge in [0.05, 0.1) is 6.10 Å². The van der Waals surface area contributed by atoms with Crippen molar-refractivity contribution in [1.82, 2.24) is 4.90 Å². The van der Waals surface area contributed by atoms with E-state index in [1.165, 1.54) is 43.2 Å². The zero-order valence-electron chi connectivity index (χ0n) is 16.4. The van der Waals surface area contributed by atoms with E-state index in [0.29, 0.717) is 12.5 Å². The van der Waals surface area contributed by atoms with E-state index >= 15 is 0 Å². The molecule has 0 spiro atoms. The van der Waals surface area contributed by atoms with E-state index in [1.807, 2.05) is 0 Å². The van der Waals surface area contributed by atoms with Crippen LogP contribution in [-0.4, -0.2) is 36.4 Å². The zero-order valence-corrected chi connectivity index (χ0v) is 16.4. The summed E-state index contributed by atoms with van der Waals surface area (Å²) in [6.45, 7) is 6.84. The molecule has 3 rings (SSSR count). The highest BCUT2D eigenvalue weighted by Gasteiger charge is 2.21. The monoisotopic (exact) mass is 355 g/mol. The molecule has 1 saturated carbocycles. The molecule has 1 fully saturated rings. The van der Waals surface area contributed by atoms with Crippen LogP contribution in [0, 0.1) is 5.92 Å². The van der Waals surface area contributed by atoms with E-state index in [1.54, 1.807) is 6.92 Å². The lowest BCUT2D eigenvalue weighted by Gasteiger charge is -2.28. The van der Waals surface area contributed by atoms with Crippen LogP contribution in [0.2, 0.25) is 0 Å². The van der Waals surface area contributed by atoms with Crippen LogP contribution < -0.4 is 4.74 Å². The van der Waals surface area contributed by atoms with Crippen molar-refractivity contribution in [2.45, 2.75) is 64.9 Å². The molecule has 0 bridgehead atoms. The van der Waals surface area contributed by atoms with E-state index in [4.69, 9.17) is 4.74 Å². The summed E-state index contributed by atoms with van der Waals surface area (Å²) in [4.78, 5) is 13.5. The fraction of sp³-hybridized carbons (Fsp3) is 0.609. The molecular weight excluding hydrogens is 322 g/mol. The summed E-state index contributed by atoms with van der Waals surface area (Å²) in [6.07, 6.45) is 10.7. The average molecular weight is 356 g/mol. The fourth-order valence-electron chi connectivity index (χ4n) is 4.09. The zero-order chi connectivity index (χ0) is 18.4. The summed E-state index contributed by atoms with van der Waals surface area (Å²) < 4.78 is 6.20. The molecule has 0 radical (unpaired) electrons. The van der Waals surface area contributed by atoms with Gasteiger partial charge in [0.15, 0.2) is 0 Å². The van der Waals surface area contributed by atoms with E-state index < -0.39 is 0 Å². The number of carbonyl (C=O) groups is 1. The molecular formula is C23H33NO2. The molecule has 0 amide bonds. The van der Waals surface area contributed by atoms with Crippen LogP contribution in [0.3, 0.4) is 0 Å². The summed E-state index contributed by atoms with van der Waals surface area (Å²) in [5, 5.41) is 0. The van der Waals surface area contributed by atoms with Crippen molar-refractivity contribution in [1.29, 1.82) is 0 Å². The normalized spacial score (nSPS) is 24.2. The van der Waals surface area contributed by atoms with Crippen molar-refractivity contribution in [2.24, 2.45) is 5.92 Å². The second-order valence-electron chi connectivity index (χ2n) is 7.93. The molecule has 0 atom stereocenters. The Bertz CT molecular complexity index is 612. The molecule has 1 heterocycles. The molecule has 3 nitrogen and oxygen atoms in total. The highest BCUT2D eigenvalue weighted by molar-refractivity contribution is 5.75. The summed E-state index contributed by atoms with van der Waals surface area (Å²) in [5.74, 6) is 2.19. The Morgan fingerprint density at radius 1 is 1.15 bits per heavy atom. The third kappa shape index (κ3) is 5.44. The van der Waals surface area contributed by atoms with Crippen LogP contribution >= 0.6 is 0 Å². The molecule has 0 unspecified atom stereocenters. The van der Waals surface area contributed by atoms with Gasteiger partial charge in [-0.25, -0.2) is 0 Å². The Labute approximate surface area is 158 Å². The van der Waals surface area contributed by atoms with E-state index in [2.05, 4.69) is 42.2 Å². The molecule has 0 saturated heterocycles. The maximum absolute atomic E-state index is 11.1. The molecule has 1 aliphatic heterocycles. The van der Waals surface area contributed by atoms with Gasteiger partial charge in [0.25, 0.3) is 0 Å². The van der Waals surface area contributed by atoms with Crippen LogP contribution in [-0.2, 0) is 4.79 Å². The first kappa shape index (κ1) is 19.2. The number of Topliss-reactive ketones (excluding diaryl/α,β-unsaturated/α-hetero) is 1. The van der Waals surface area contributed by atoms with Gasteiger partial charge in [0.1, 0.15) is 11.5 Å². The Hall–Kier alpha value is -1.61. The third-order valence-corrected chi connectivity index (χ3v) is 5.97. The van der Waals surface area contributed by atoms with Gasteiger partial charge in [-0.1, -0.05) is 31.6 Å². The third-order valence-electron chi connectivity index (χ3n) is 5.97. The summed E-state index contributed by atoms with van der Waals surface area (Å²) in [5.41, 5.74) is 2.72. The minimum absolute atomic E-state index is 0.276. The quantitative estimate of drug-likeness (QED) is 0.681. The number of ketones is 1. The number of hydrogen-bond acceptors (Lipinski definition) is 3. The van der Waals surface area contributed by atoms with Crippen LogP contribution in [0.1, 0.15) is 64.4 Å². The molecule has 26 heavy (non-hydrogen) atoms. The standard InChI is InChI=1S/C23H33NO2/c1-3-19-4-8-22(9-5-19)26-23-10-6-20(7-11-23)21-13-16-24(17-14-21)15-12-18(2)25/h6-7,10-11,13,19,22H,3-5,8-9,12,14-17H2,1-2H3/t19-,22-. The smallest absolute Gasteiger partial charge is 0.131 e. The van der Waals surface area contributed by atoms with Crippen molar-refractivity contribution >= 4 is 11.4 Å². The lowest BCUT2D eigenvalue weighted by atomic mass is 9.86. The van der Waals surface area contributed by atoms with Gasteiger partial charge in [-0.2, -0.15) is 0 Å². The fourth-order valence-corrected chi connectivity index (χ4v) is 4.09. The van der Waals surface area contributed by atoms with E-state index in [0.717, 1.165) is 37.7 Å². The first-order valence-corrected chi connectivity index (χ1v) is 10.3. The van der Waals surface area contributed by atoms with E-state index in [9.17, 15) is 4.79 Å². The van der Waals surface area contributed by atoms with Gasteiger partial charge < -0.3 is 4.74 Å². The number of ether oxygens (including phenoxy) is 1. The second-order valence-corrected chi connectivity index (χ2v) is 7.93. The molecule has 1 aliphatic carbocycles. The summed E-state index contributed by atoms with van der Waals surface area (Å²) in [6, 6.07) is 8.66. The van der Waals surface area contributed by atoms with Crippen LogP contribution in [0.5, 0.6) is 5.75 Å². The van der Waals surface area contributed by atoms with Crippen LogP contribution in [0.15, 0.2) is 30.3 Å². The SMILES string of the molecule is CC[C@H]1CC[C@H](Oc2ccc(C3=CCN(CCC(C)=O)CC3)cc2)CC1. The predicted octanol–water partition coefficient (Wildman–Crippen LogP) is 5.10. The first-order chi connectivity index (χ1) is 12.6. The molecule has 3 heteroatoms. The van der Waals surface area contributed by atoms with Crippen molar-refractivity contribution in [3.63, 3.8) is 0 Å². The van der Waals surface area contributed by atoms with Gasteiger partial charge in [-0.15, -0.1) is 0 Å². The van der Waals surface area contributed by atoms with Crippen LogP contribution in [0.4, 0.5) is 0 Å². The van der Waals surface area contributed by atoms with Gasteiger partial charge in [0, 0.05) is 26.1 Å². The topological polar surface area (TPSA) is 29.5 Å². The van der Waals surface area contributed by atoms with Crippen molar-refractivity contribution in [3.8, 4) is 5.75 Å².